The molecule has 0 saturated heterocycles. The quantitative estimate of drug-likeness (QED) is 0.192. The highest BCUT2D eigenvalue weighted by Crippen LogP contribution is 2.48. The van der Waals surface area contributed by atoms with Crippen LogP contribution in [0.15, 0.2) is 140 Å². The van der Waals surface area contributed by atoms with Gasteiger partial charge in [0.05, 0.1) is 14.2 Å². The summed E-state index contributed by atoms with van der Waals surface area (Å²) in [4.78, 5) is 0. The molecule has 0 heterocycles. The summed E-state index contributed by atoms with van der Waals surface area (Å²) in [5.74, 6) is 1.58. The van der Waals surface area contributed by atoms with Gasteiger partial charge in [-0.2, -0.15) is 0 Å². The van der Waals surface area contributed by atoms with Crippen LogP contribution in [0.5, 0.6) is 11.5 Å². The smallest absolute Gasteiger partial charge is 0.145 e. The van der Waals surface area contributed by atoms with Crippen LogP contribution in [0.2, 0.25) is 0 Å². The molecule has 0 saturated carbocycles. The molecule has 5 rings (SSSR count). The van der Waals surface area contributed by atoms with Gasteiger partial charge >= 0.3 is 0 Å². The number of hydrogen-bond donors (Lipinski definition) is 0. The van der Waals surface area contributed by atoms with Crippen molar-refractivity contribution >= 4 is 0 Å². The minimum Gasteiger partial charge on any atom is -0.497 e. The summed E-state index contributed by atoms with van der Waals surface area (Å²) >= 11 is 0. The van der Waals surface area contributed by atoms with Gasteiger partial charge in [-0.05, 0) is 59.0 Å². The van der Waals surface area contributed by atoms with Crippen LogP contribution >= 0.6 is 0 Å². The van der Waals surface area contributed by atoms with Crippen LogP contribution in [0.1, 0.15) is 34.7 Å². The van der Waals surface area contributed by atoms with E-state index in [2.05, 4.69) is 104 Å². The lowest BCUT2D eigenvalue weighted by molar-refractivity contribution is -0.0940. The van der Waals surface area contributed by atoms with Crippen LogP contribution in [0.25, 0.3) is 0 Å². The van der Waals surface area contributed by atoms with E-state index in [1.165, 1.54) is 0 Å². The number of methoxy groups -OCH3 is 2. The Morgan fingerprint density at radius 2 is 0.711 bits per heavy atom. The molecule has 5 aromatic carbocycles. The van der Waals surface area contributed by atoms with E-state index < -0.39 is 11.2 Å². The van der Waals surface area contributed by atoms with Crippen molar-refractivity contribution in [2.45, 2.75) is 18.1 Å². The molecular formula is C35H32O3. The van der Waals surface area contributed by atoms with Gasteiger partial charge in [-0.3, -0.25) is 0 Å². The molecule has 0 aromatic heterocycles. The summed E-state index contributed by atoms with van der Waals surface area (Å²) in [7, 11) is 3.36. The number of hydrogen-bond acceptors (Lipinski definition) is 3. The standard InChI is InChI=1S/C35H32O3/c1-34(27-13-7-4-8-14-27,28-15-9-5-10-16-28)38-35(29-17-11-6-12-18-29,30-19-23-32(36-2)24-20-30)31-21-25-33(37-3)26-22-31/h4-26H,1-3H3. The van der Waals surface area contributed by atoms with Crippen molar-refractivity contribution in [3.8, 4) is 11.5 Å². The molecule has 0 aliphatic rings. The summed E-state index contributed by atoms with van der Waals surface area (Å²) in [6.07, 6.45) is 0. The predicted octanol–water partition coefficient (Wildman–Crippen LogP) is 7.98. The Bertz CT molecular complexity index is 1340. The SMILES string of the molecule is COc1ccc(C(OC(C)(c2ccccc2)c2ccccc2)(c2ccccc2)c2ccc(OC)cc2)cc1. The van der Waals surface area contributed by atoms with Crippen molar-refractivity contribution in [1.82, 2.24) is 0 Å². The van der Waals surface area contributed by atoms with Crippen LogP contribution in [-0.4, -0.2) is 14.2 Å². The summed E-state index contributed by atoms with van der Waals surface area (Å²) < 4.78 is 18.6. The first-order valence-electron chi connectivity index (χ1n) is 12.8. The Morgan fingerprint density at radius 3 is 1.05 bits per heavy atom. The molecule has 0 bridgehead atoms. The largest absolute Gasteiger partial charge is 0.497 e. The normalized spacial score (nSPS) is 11.7. The molecule has 0 aliphatic carbocycles. The van der Waals surface area contributed by atoms with Gasteiger partial charge in [0.25, 0.3) is 0 Å². The van der Waals surface area contributed by atoms with E-state index in [0.717, 1.165) is 39.3 Å². The first kappa shape index (κ1) is 25.3. The molecule has 0 amide bonds. The molecular weight excluding hydrogens is 468 g/mol. The molecule has 3 heteroatoms. The van der Waals surface area contributed by atoms with Gasteiger partial charge in [-0.25, -0.2) is 0 Å². The maximum absolute atomic E-state index is 7.62. The number of rotatable bonds is 9. The highest BCUT2D eigenvalue weighted by atomic mass is 16.5. The first-order valence-corrected chi connectivity index (χ1v) is 12.8. The van der Waals surface area contributed by atoms with Crippen molar-refractivity contribution < 1.29 is 14.2 Å². The van der Waals surface area contributed by atoms with E-state index >= 15 is 0 Å². The van der Waals surface area contributed by atoms with Crippen molar-refractivity contribution in [2.24, 2.45) is 0 Å². The molecule has 0 radical (unpaired) electrons. The van der Waals surface area contributed by atoms with Gasteiger partial charge < -0.3 is 14.2 Å². The molecule has 5 aromatic rings. The minimum absolute atomic E-state index is 0.791. The third-order valence-corrected chi connectivity index (χ3v) is 7.18. The van der Waals surface area contributed by atoms with Gasteiger partial charge in [0.1, 0.15) is 22.7 Å². The van der Waals surface area contributed by atoms with Crippen molar-refractivity contribution in [3.63, 3.8) is 0 Å². The fourth-order valence-corrected chi connectivity index (χ4v) is 5.10. The minimum atomic E-state index is -0.958. The van der Waals surface area contributed by atoms with Crippen LogP contribution in [0, 0.1) is 0 Å². The fourth-order valence-electron chi connectivity index (χ4n) is 5.10. The van der Waals surface area contributed by atoms with Gasteiger partial charge in [-0.15, -0.1) is 0 Å². The molecule has 0 spiro atoms. The van der Waals surface area contributed by atoms with Gasteiger partial charge in [0.15, 0.2) is 0 Å². The zero-order chi connectivity index (χ0) is 26.4. The third-order valence-electron chi connectivity index (χ3n) is 7.18. The van der Waals surface area contributed by atoms with E-state index in [0.29, 0.717) is 0 Å². The summed E-state index contributed by atoms with van der Waals surface area (Å²) in [6.45, 7) is 2.16. The zero-order valence-corrected chi connectivity index (χ0v) is 22.0. The summed E-state index contributed by atoms with van der Waals surface area (Å²) in [5.41, 5.74) is 3.38. The van der Waals surface area contributed by atoms with E-state index in [4.69, 9.17) is 14.2 Å². The topological polar surface area (TPSA) is 27.7 Å². The Balaban J connectivity index is 1.83. The van der Waals surface area contributed by atoms with E-state index in [1.54, 1.807) is 14.2 Å². The molecule has 0 N–H and O–H groups in total. The third kappa shape index (κ3) is 4.69. The average molecular weight is 501 g/mol. The maximum atomic E-state index is 7.62. The highest BCUT2D eigenvalue weighted by molar-refractivity contribution is 5.51. The zero-order valence-electron chi connectivity index (χ0n) is 22.0. The Labute approximate surface area is 225 Å². The first-order chi connectivity index (χ1) is 18.6. The van der Waals surface area contributed by atoms with Gasteiger partial charge in [0.2, 0.25) is 0 Å². The second-order valence-corrected chi connectivity index (χ2v) is 9.37. The lowest BCUT2D eigenvalue weighted by atomic mass is 9.78. The Kier molecular flexibility index (Phi) is 7.30. The second-order valence-electron chi connectivity index (χ2n) is 9.37. The Morgan fingerprint density at radius 1 is 0.395 bits per heavy atom. The Hall–Kier alpha value is -4.34. The van der Waals surface area contributed by atoms with Crippen LogP contribution < -0.4 is 9.47 Å². The summed E-state index contributed by atoms with van der Waals surface area (Å²) in [5, 5.41) is 0. The lowest BCUT2D eigenvalue weighted by Crippen LogP contribution is -2.42. The van der Waals surface area contributed by atoms with E-state index in [1.807, 2.05) is 42.5 Å². The lowest BCUT2D eigenvalue weighted by Gasteiger charge is -2.44. The van der Waals surface area contributed by atoms with Gasteiger partial charge in [0, 0.05) is 0 Å². The van der Waals surface area contributed by atoms with Crippen molar-refractivity contribution in [1.29, 1.82) is 0 Å². The molecule has 0 aliphatic heterocycles. The van der Waals surface area contributed by atoms with Crippen molar-refractivity contribution in [2.75, 3.05) is 14.2 Å². The molecule has 3 nitrogen and oxygen atoms in total. The van der Waals surface area contributed by atoms with E-state index in [-0.39, 0.29) is 0 Å². The number of benzene rings is 5. The van der Waals surface area contributed by atoms with Crippen LogP contribution in [-0.2, 0) is 15.9 Å². The fraction of sp³-hybridized carbons (Fsp3) is 0.143. The van der Waals surface area contributed by atoms with Crippen molar-refractivity contribution in [3.05, 3.63) is 167 Å². The second kappa shape index (κ2) is 11.0. The molecule has 190 valence electrons. The highest BCUT2D eigenvalue weighted by Gasteiger charge is 2.45. The van der Waals surface area contributed by atoms with Crippen LogP contribution in [0.4, 0.5) is 0 Å². The predicted molar refractivity (Wildman–Crippen MR) is 153 cm³/mol. The van der Waals surface area contributed by atoms with Crippen LogP contribution in [0.3, 0.4) is 0 Å². The molecule has 0 unspecified atom stereocenters. The number of ether oxygens (including phenoxy) is 3. The molecule has 38 heavy (non-hydrogen) atoms. The summed E-state index contributed by atoms with van der Waals surface area (Å²) in [6, 6.07) is 47.5. The molecule has 0 fully saturated rings. The average Bonchev–Trinajstić information content (AvgIpc) is 3.01. The monoisotopic (exact) mass is 500 g/mol. The van der Waals surface area contributed by atoms with Gasteiger partial charge in [-0.1, -0.05) is 115 Å². The van der Waals surface area contributed by atoms with E-state index in [9.17, 15) is 0 Å². The molecule has 0 atom stereocenters. The maximum Gasteiger partial charge on any atom is 0.145 e.